The van der Waals surface area contributed by atoms with E-state index >= 15 is 0 Å². The summed E-state index contributed by atoms with van der Waals surface area (Å²) >= 11 is 0. The monoisotopic (exact) mass is 412 g/mol. The summed E-state index contributed by atoms with van der Waals surface area (Å²) in [5.41, 5.74) is 1.61. The van der Waals surface area contributed by atoms with Crippen LogP contribution in [0.3, 0.4) is 0 Å². The van der Waals surface area contributed by atoms with Gasteiger partial charge >= 0.3 is 0 Å². The van der Waals surface area contributed by atoms with E-state index in [0.717, 1.165) is 43.4 Å². The Balaban J connectivity index is 1.47. The topological polar surface area (TPSA) is 67.4 Å². The van der Waals surface area contributed by atoms with Gasteiger partial charge in [0.05, 0.1) is 12.3 Å². The fourth-order valence-electron chi connectivity index (χ4n) is 3.66. The van der Waals surface area contributed by atoms with Crippen LogP contribution in [0.4, 0.5) is 15.8 Å². The molecule has 0 unspecified atom stereocenters. The van der Waals surface area contributed by atoms with Gasteiger partial charge in [-0.2, -0.15) is 0 Å². The highest BCUT2D eigenvalue weighted by molar-refractivity contribution is 5.95. The van der Waals surface area contributed by atoms with Crippen LogP contribution >= 0.6 is 0 Å². The molecule has 3 rings (SSSR count). The normalized spacial score (nSPS) is 14.2. The third kappa shape index (κ3) is 6.31. The summed E-state index contributed by atoms with van der Waals surface area (Å²) in [6, 6.07) is 12.0. The van der Waals surface area contributed by atoms with Crippen LogP contribution in [0.2, 0.25) is 0 Å². The van der Waals surface area contributed by atoms with Gasteiger partial charge in [-0.15, -0.1) is 0 Å². The van der Waals surface area contributed by atoms with Crippen LogP contribution in [0.5, 0.6) is 5.75 Å². The number of ether oxygens (including phenoxy) is 1. The molecule has 1 aliphatic rings. The van der Waals surface area contributed by atoms with E-state index in [2.05, 4.69) is 10.6 Å². The van der Waals surface area contributed by atoms with Gasteiger partial charge in [0.2, 0.25) is 11.8 Å². The number of hydrogen-bond donors (Lipinski definition) is 2. The molecule has 0 saturated heterocycles. The van der Waals surface area contributed by atoms with Crippen LogP contribution in [0, 0.1) is 18.7 Å². The standard InChI is InChI=1S/C24H29FN2O3/c1-17-8-5-6-11-22(17)30-15-7-12-23(28)26-19-13-14-20(25)21(16-19)27-24(29)18-9-3-2-4-10-18/h5-6,8,11,13-14,16,18H,2-4,7,9-10,12,15H2,1H3,(H,26,28)(H,27,29). The molecule has 6 heteroatoms. The van der Waals surface area contributed by atoms with Crippen molar-refractivity contribution >= 4 is 23.2 Å². The second-order valence-corrected chi connectivity index (χ2v) is 7.78. The maximum absolute atomic E-state index is 14.1. The number of halogens is 1. The predicted molar refractivity (Wildman–Crippen MR) is 116 cm³/mol. The largest absolute Gasteiger partial charge is 0.493 e. The first-order valence-electron chi connectivity index (χ1n) is 10.6. The minimum Gasteiger partial charge on any atom is -0.493 e. The minimum atomic E-state index is -0.510. The van der Waals surface area contributed by atoms with Crippen molar-refractivity contribution in [1.82, 2.24) is 0 Å². The quantitative estimate of drug-likeness (QED) is 0.567. The molecule has 0 spiro atoms. The molecule has 2 aromatic carbocycles. The first-order valence-corrected chi connectivity index (χ1v) is 10.6. The molecular formula is C24H29FN2O3. The molecule has 0 atom stereocenters. The number of rotatable bonds is 8. The summed E-state index contributed by atoms with van der Waals surface area (Å²) in [6.45, 7) is 2.41. The molecule has 1 aliphatic carbocycles. The van der Waals surface area contributed by atoms with E-state index in [-0.39, 0.29) is 29.8 Å². The number of nitrogens with one attached hydrogen (secondary N) is 2. The highest BCUT2D eigenvalue weighted by Gasteiger charge is 2.22. The van der Waals surface area contributed by atoms with Gasteiger partial charge in [-0.25, -0.2) is 4.39 Å². The Kier molecular flexibility index (Phi) is 7.82. The number of anilines is 2. The SMILES string of the molecule is Cc1ccccc1OCCCC(=O)Nc1ccc(F)c(NC(=O)C2CCCCC2)c1. The maximum atomic E-state index is 14.1. The molecule has 2 aromatic rings. The number of carbonyl (C=O) groups excluding carboxylic acids is 2. The van der Waals surface area contributed by atoms with Crippen molar-refractivity contribution in [2.75, 3.05) is 17.2 Å². The Hall–Kier alpha value is -2.89. The third-order valence-electron chi connectivity index (χ3n) is 5.38. The zero-order valence-electron chi connectivity index (χ0n) is 17.4. The molecule has 1 fully saturated rings. The Bertz CT molecular complexity index is 879. The zero-order chi connectivity index (χ0) is 21.3. The number of benzene rings is 2. The molecule has 0 aliphatic heterocycles. The van der Waals surface area contributed by atoms with Gasteiger partial charge < -0.3 is 15.4 Å². The fourth-order valence-corrected chi connectivity index (χ4v) is 3.66. The molecule has 0 radical (unpaired) electrons. The van der Waals surface area contributed by atoms with Crippen LogP contribution in [-0.4, -0.2) is 18.4 Å². The lowest BCUT2D eigenvalue weighted by molar-refractivity contribution is -0.120. The summed E-state index contributed by atoms with van der Waals surface area (Å²) in [7, 11) is 0. The van der Waals surface area contributed by atoms with Crippen LogP contribution in [0.25, 0.3) is 0 Å². The fraction of sp³-hybridized carbons (Fsp3) is 0.417. The number of para-hydroxylation sites is 1. The van der Waals surface area contributed by atoms with Crippen molar-refractivity contribution in [3.8, 4) is 5.75 Å². The van der Waals surface area contributed by atoms with E-state index in [1.165, 1.54) is 18.2 Å². The van der Waals surface area contributed by atoms with Gasteiger partial charge in [-0.05, 0) is 56.0 Å². The van der Waals surface area contributed by atoms with E-state index < -0.39 is 5.82 Å². The summed E-state index contributed by atoms with van der Waals surface area (Å²) in [5, 5.41) is 5.44. The molecule has 2 amide bonds. The van der Waals surface area contributed by atoms with E-state index in [4.69, 9.17) is 4.74 Å². The zero-order valence-corrected chi connectivity index (χ0v) is 17.4. The highest BCUT2D eigenvalue weighted by atomic mass is 19.1. The number of hydrogen-bond acceptors (Lipinski definition) is 3. The van der Waals surface area contributed by atoms with Crippen LogP contribution in [0.1, 0.15) is 50.5 Å². The lowest BCUT2D eigenvalue weighted by Crippen LogP contribution is -2.25. The van der Waals surface area contributed by atoms with Crippen molar-refractivity contribution in [2.24, 2.45) is 5.92 Å². The van der Waals surface area contributed by atoms with Crippen molar-refractivity contribution in [3.05, 3.63) is 53.8 Å². The maximum Gasteiger partial charge on any atom is 0.227 e. The molecule has 30 heavy (non-hydrogen) atoms. The van der Waals surface area contributed by atoms with Crippen LogP contribution in [0.15, 0.2) is 42.5 Å². The van der Waals surface area contributed by atoms with Gasteiger partial charge in [-0.1, -0.05) is 37.5 Å². The summed E-state index contributed by atoms with van der Waals surface area (Å²) in [6.07, 6.45) is 5.74. The lowest BCUT2D eigenvalue weighted by Gasteiger charge is -2.21. The van der Waals surface area contributed by atoms with E-state index in [9.17, 15) is 14.0 Å². The number of carbonyl (C=O) groups is 2. The second-order valence-electron chi connectivity index (χ2n) is 7.78. The van der Waals surface area contributed by atoms with Gasteiger partial charge in [0.1, 0.15) is 11.6 Å². The van der Waals surface area contributed by atoms with Crippen molar-refractivity contribution in [3.63, 3.8) is 0 Å². The summed E-state index contributed by atoms with van der Waals surface area (Å²) in [5.74, 6) is -0.0896. The Morgan fingerprint density at radius 3 is 2.60 bits per heavy atom. The molecule has 0 aromatic heterocycles. The Labute approximate surface area is 177 Å². The second kappa shape index (κ2) is 10.8. The average molecular weight is 413 g/mol. The minimum absolute atomic E-state index is 0.0651. The molecule has 0 heterocycles. The number of aryl methyl sites for hydroxylation is 1. The smallest absolute Gasteiger partial charge is 0.227 e. The average Bonchev–Trinajstić information content (AvgIpc) is 2.75. The number of amides is 2. The van der Waals surface area contributed by atoms with Crippen molar-refractivity contribution in [2.45, 2.75) is 51.9 Å². The van der Waals surface area contributed by atoms with Crippen LogP contribution < -0.4 is 15.4 Å². The van der Waals surface area contributed by atoms with Crippen LogP contribution in [-0.2, 0) is 9.59 Å². The first kappa shape index (κ1) is 21.8. The molecule has 5 nitrogen and oxygen atoms in total. The molecule has 2 N–H and O–H groups in total. The highest BCUT2D eigenvalue weighted by Crippen LogP contribution is 2.26. The predicted octanol–water partition coefficient (Wildman–Crippen LogP) is 5.45. The lowest BCUT2D eigenvalue weighted by atomic mass is 9.88. The summed E-state index contributed by atoms with van der Waals surface area (Å²) < 4.78 is 19.8. The molecule has 160 valence electrons. The Morgan fingerprint density at radius 1 is 1.07 bits per heavy atom. The van der Waals surface area contributed by atoms with E-state index in [1.807, 2.05) is 31.2 Å². The molecular weight excluding hydrogens is 383 g/mol. The third-order valence-corrected chi connectivity index (χ3v) is 5.38. The van der Waals surface area contributed by atoms with E-state index in [1.54, 1.807) is 0 Å². The van der Waals surface area contributed by atoms with Gasteiger partial charge in [-0.3, -0.25) is 9.59 Å². The summed E-state index contributed by atoms with van der Waals surface area (Å²) in [4.78, 5) is 24.6. The van der Waals surface area contributed by atoms with Crippen molar-refractivity contribution in [1.29, 1.82) is 0 Å². The van der Waals surface area contributed by atoms with E-state index in [0.29, 0.717) is 18.7 Å². The molecule has 0 bridgehead atoms. The van der Waals surface area contributed by atoms with Crippen molar-refractivity contribution < 1.29 is 18.7 Å². The van der Waals surface area contributed by atoms with Gasteiger partial charge in [0.25, 0.3) is 0 Å². The van der Waals surface area contributed by atoms with Gasteiger partial charge in [0, 0.05) is 18.0 Å². The Morgan fingerprint density at radius 2 is 1.83 bits per heavy atom. The van der Waals surface area contributed by atoms with Gasteiger partial charge in [0.15, 0.2) is 0 Å². The molecule has 1 saturated carbocycles. The first-order chi connectivity index (χ1) is 14.5.